The molecule has 2 N–H and O–H groups in total. The molecule has 0 bridgehead atoms. The van der Waals surface area contributed by atoms with Crippen LogP contribution in [0.5, 0.6) is 0 Å². The highest BCUT2D eigenvalue weighted by Crippen LogP contribution is 2.47. The smallest absolute Gasteiger partial charge is 0.315 e. The molecule has 146 valence electrons. The van der Waals surface area contributed by atoms with Crippen molar-refractivity contribution in [2.75, 3.05) is 6.61 Å². The Hall–Kier alpha value is -2.81. The molecule has 0 aromatic heterocycles. The molecule has 2 rings (SSSR count). The van der Waals surface area contributed by atoms with E-state index in [4.69, 9.17) is 4.74 Å². The van der Waals surface area contributed by atoms with Gasteiger partial charge in [-0.1, -0.05) is 17.3 Å². The van der Waals surface area contributed by atoms with Crippen molar-refractivity contribution in [2.45, 2.75) is 38.7 Å². The van der Waals surface area contributed by atoms with E-state index in [1.165, 1.54) is 38.1 Å². The molecular weight excluding hydrogens is 356 g/mol. The van der Waals surface area contributed by atoms with Crippen molar-refractivity contribution < 1.29 is 29.6 Å². The number of aliphatic hydroxyl groups is 1. The van der Waals surface area contributed by atoms with Gasteiger partial charge < -0.3 is 15.1 Å². The molecule has 0 spiro atoms. The van der Waals surface area contributed by atoms with Crippen LogP contribution in [0.15, 0.2) is 29.4 Å². The molecule has 1 fully saturated rings. The van der Waals surface area contributed by atoms with Crippen LogP contribution in [0.25, 0.3) is 0 Å². The van der Waals surface area contributed by atoms with Crippen LogP contribution >= 0.6 is 0 Å². The molecule has 4 unspecified atom stereocenters. The molecule has 4 atom stereocenters. The molecule has 1 aliphatic rings. The molecule has 0 amide bonds. The third-order valence-corrected chi connectivity index (χ3v) is 4.86. The molecule has 1 aromatic carbocycles. The monoisotopic (exact) mass is 378 g/mol. The summed E-state index contributed by atoms with van der Waals surface area (Å²) in [6, 6.07) is 5.51. The molecule has 27 heavy (non-hydrogen) atoms. The number of hydrogen-bond acceptors (Lipinski definition) is 8. The van der Waals surface area contributed by atoms with Gasteiger partial charge in [-0.2, -0.15) is 0 Å². The number of Topliss-reactive ketones (excluding diaryl/α,β-unsaturated/α-hetero) is 1. The predicted octanol–water partition coefficient (Wildman–Crippen LogP) is 2.05. The Balaban J connectivity index is 2.71. The van der Waals surface area contributed by atoms with Crippen molar-refractivity contribution in [1.29, 1.82) is 0 Å². The molecule has 0 heterocycles. The minimum Gasteiger partial charge on any atom is -0.465 e. The van der Waals surface area contributed by atoms with Gasteiger partial charge in [0.2, 0.25) is 0 Å². The quantitative estimate of drug-likeness (QED) is 0.346. The molecule has 9 nitrogen and oxygen atoms in total. The number of carbonyl (C=O) groups excluding carboxylic acids is 2. The van der Waals surface area contributed by atoms with Crippen LogP contribution in [0.2, 0.25) is 0 Å². The summed E-state index contributed by atoms with van der Waals surface area (Å²) in [6.07, 6.45) is -0.206. The van der Waals surface area contributed by atoms with E-state index in [2.05, 4.69) is 5.16 Å². The summed E-state index contributed by atoms with van der Waals surface area (Å²) >= 11 is 0. The van der Waals surface area contributed by atoms with E-state index in [1.54, 1.807) is 6.92 Å². The number of ketones is 1. The lowest BCUT2D eigenvalue weighted by atomic mass is 9.60. The molecule has 0 saturated heterocycles. The number of rotatable bonds is 5. The number of nitro benzene ring substituents is 1. The van der Waals surface area contributed by atoms with Gasteiger partial charge in [0.1, 0.15) is 11.7 Å². The van der Waals surface area contributed by atoms with Crippen LogP contribution in [0.4, 0.5) is 5.69 Å². The molecular formula is C18H22N2O7. The lowest BCUT2D eigenvalue weighted by Gasteiger charge is -2.45. The molecule has 1 aliphatic carbocycles. The van der Waals surface area contributed by atoms with Crippen LogP contribution in [0.1, 0.15) is 38.7 Å². The standard InChI is InChI=1S/C18H22N2O7/c1-4-27-17(22)15-13(19-24)9-18(3,23)16(10(2)21)14(15)11-6-5-7-12(8-11)20(25)26/h5-8,14-16,23-24H,4,9H2,1-3H3. The summed E-state index contributed by atoms with van der Waals surface area (Å²) < 4.78 is 5.08. The molecule has 9 heteroatoms. The second-order valence-corrected chi connectivity index (χ2v) is 6.82. The zero-order valence-corrected chi connectivity index (χ0v) is 15.3. The van der Waals surface area contributed by atoms with Crippen molar-refractivity contribution in [3.63, 3.8) is 0 Å². The van der Waals surface area contributed by atoms with E-state index in [-0.39, 0.29) is 30.2 Å². The largest absolute Gasteiger partial charge is 0.465 e. The van der Waals surface area contributed by atoms with E-state index in [9.17, 15) is 30.0 Å². The van der Waals surface area contributed by atoms with Crippen molar-refractivity contribution in [3.05, 3.63) is 39.9 Å². The third kappa shape index (κ3) is 3.97. The van der Waals surface area contributed by atoms with Crippen molar-refractivity contribution in [3.8, 4) is 0 Å². The first-order valence-corrected chi connectivity index (χ1v) is 8.48. The Bertz CT molecular complexity index is 788. The minimum atomic E-state index is -1.61. The van der Waals surface area contributed by atoms with Crippen LogP contribution in [-0.2, 0) is 14.3 Å². The van der Waals surface area contributed by atoms with E-state index < -0.39 is 34.2 Å². The van der Waals surface area contributed by atoms with Crippen LogP contribution in [0.3, 0.4) is 0 Å². The van der Waals surface area contributed by atoms with Gasteiger partial charge >= 0.3 is 5.97 Å². The molecule has 1 aromatic rings. The van der Waals surface area contributed by atoms with Crippen LogP contribution < -0.4 is 0 Å². The zero-order valence-electron chi connectivity index (χ0n) is 15.3. The van der Waals surface area contributed by atoms with Gasteiger partial charge in [0.15, 0.2) is 0 Å². The first kappa shape index (κ1) is 20.5. The molecule has 1 saturated carbocycles. The summed E-state index contributed by atoms with van der Waals surface area (Å²) in [5.41, 5.74) is -1.55. The van der Waals surface area contributed by atoms with Gasteiger partial charge in [-0.3, -0.25) is 19.7 Å². The summed E-state index contributed by atoms with van der Waals surface area (Å²) in [7, 11) is 0. The highest BCUT2D eigenvalue weighted by molar-refractivity contribution is 6.05. The number of oxime groups is 1. The van der Waals surface area contributed by atoms with Gasteiger partial charge in [-0.25, -0.2) is 0 Å². The molecule has 0 radical (unpaired) electrons. The number of hydrogen-bond donors (Lipinski definition) is 2. The Kier molecular flexibility index (Phi) is 5.94. The number of esters is 1. The Morgan fingerprint density at radius 1 is 1.44 bits per heavy atom. The second kappa shape index (κ2) is 7.83. The predicted molar refractivity (Wildman–Crippen MR) is 94.6 cm³/mol. The fourth-order valence-corrected chi connectivity index (χ4v) is 3.91. The van der Waals surface area contributed by atoms with Gasteiger partial charge in [0.05, 0.1) is 28.8 Å². The van der Waals surface area contributed by atoms with E-state index in [0.717, 1.165) is 0 Å². The fraction of sp³-hybridized carbons (Fsp3) is 0.500. The lowest BCUT2D eigenvalue weighted by Crippen LogP contribution is -2.54. The maximum Gasteiger partial charge on any atom is 0.315 e. The maximum atomic E-state index is 12.6. The van der Waals surface area contributed by atoms with Gasteiger partial charge in [-0.15, -0.1) is 0 Å². The van der Waals surface area contributed by atoms with Crippen molar-refractivity contribution >= 4 is 23.2 Å². The van der Waals surface area contributed by atoms with Gasteiger partial charge in [-0.05, 0) is 26.3 Å². The first-order valence-electron chi connectivity index (χ1n) is 8.48. The summed E-state index contributed by atoms with van der Waals surface area (Å²) in [5.74, 6) is -4.27. The minimum absolute atomic E-state index is 0.0348. The van der Waals surface area contributed by atoms with Crippen LogP contribution in [0, 0.1) is 22.0 Å². The van der Waals surface area contributed by atoms with E-state index >= 15 is 0 Å². The van der Waals surface area contributed by atoms with Crippen LogP contribution in [-0.4, -0.2) is 44.9 Å². The zero-order chi connectivity index (χ0) is 20.4. The second-order valence-electron chi connectivity index (χ2n) is 6.82. The van der Waals surface area contributed by atoms with Crippen molar-refractivity contribution in [1.82, 2.24) is 0 Å². The third-order valence-electron chi connectivity index (χ3n) is 4.86. The highest BCUT2D eigenvalue weighted by Gasteiger charge is 2.54. The van der Waals surface area contributed by atoms with Gasteiger partial charge in [0, 0.05) is 24.5 Å². The number of benzene rings is 1. The number of carbonyl (C=O) groups is 2. The topological polar surface area (TPSA) is 139 Å². The average molecular weight is 378 g/mol. The molecule has 0 aliphatic heterocycles. The number of nitrogens with zero attached hydrogens (tertiary/aromatic N) is 2. The van der Waals surface area contributed by atoms with Gasteiger partial charge in [0.25, 0.3) is 5.69 Å². The Labute approximate surface area is 155 Å². The van der Waals surface area contributed by atoms with E-state index in [1.807, 2.05) is 0 Å². The SMILES string of the molecule is CCOC(=O)C1C(=NO)CC(C)(O)C(C(C)=O)C1c1cccc([N+](=O)[O-])c1. The summed E-state index contributed by atoms with van der Waals surface area (Å²) in [4.78, 5) is 35.6. The number of nitro groups is 1. The average Bonchev–Trinajstić information content (AvgIpc) is 2.59. The summed E-state index contributed by atoms with van der Waals surface area (Å²) in [5, 5.41) is 34.6. The number of ether oxygens (including phenoxy) is 1. The normalized spacial score (nSPS) is 29.3. The first-order chi connectivity index (χ1) is 12.6. The summed E-state index contributed by atoms with van der Waals surface area (Å²) in [6.45, 7) is 4.37. The number of non-ortho nitro benzene ring substituents is 1. The lowest BCUT2D eigenvalue weighted by molar-refractivity contribution is -0.385. The fourth-order valence-electron chi connectivity index (χ4n) is 3.91. The van der Waals surface area contributed by atoms with Crippen molar-refractivity contribution in [2.24, 2.45) is 17.0 Å². The van der Waals surface area contributed by atoms with E-state index in [0.29, 0.717) is 5.56 Å². The highest BCUT2D eigenvalue weighted by atomic mass is 16.6. The Morgan fingerprint density at radius 2 is 2.11 bits per heavy atom. The Morgan fingerprint density at radius 3 is 2.63 bits per heavy atom. The maximum absolute atomic E-state index is 12.6.